The highest BCUT2D eigenvalue weighted by Crippen LogP contribution is 2.26. The van der Waals surface area contributed by atoms with E-state index in [4.69, 9.17) is 0 Å². The predicted octanol–water partition coefficient (Wildman–Crippen LogP) is 1.65. The predicted molar refractivity (Wildman–Crippen MR) is 91.0 cm³/mol. The molecule has 1 aromatic heterocycles. The maximum absolute atomic E-state index is 13.0. The standard InChI is InChI=1S/C18H28N4O/c1-2-18(8-4-6-10-20-18)17(23)22-13-11-21(12-14-22)15-16-7-3-5-9-19-16/h3,5,7,9,20H,2,4,6,8,10-15H2,1H3/t18-/m0/s1. The number of hydrogen-bond acceptors (Lipinski definition) is 4. The van der Waals surface area contributed by atoms with Crippen LogP contribution in [0.3, 0.4) is 0 Å². The van der Waals surface area contributed by atoms with Gasteiger partial charge < -0.3 is 10.2 Å². The Morgan fingerprint density at radius 1 is 1.26 bits per heavy atom. The first-order chi connectivity index (χ1) is 11.2. The third-order valence-electron chi connectivity index (χ3n) is 5.28. The van der Waals surface area contributed by atoms with Crippen LogP contribution < -0.4 is 5.32 Å². The maximum Gasteiger partial charge on any atom is 0.242 e. The second-order valence-corrected chi connectivity index (χ2v) is 6.71. The summed E-state index contributed by atoms with van der Waals surface area (Å²) in [6.45, 7) is 7.50. The van der Waals surface area contributed by atoms with Crippen LogP contribution in [0.15, 0.2) is 24.4 Å². The highest BCUT2D eigenvalue weighted by atomic mass is 16.2. The summed E-state index contributed by atoms with van der Waals surface area (Å²) < 4.78 is 0. The minimum absolute atomic E-state index is 0.304. The Hall–Kier alpha value is -1.46. The van der Waals surface area contributed by atoms with Gasteiger partial charge in [-0.1, -0.05) is 13.0 Å². The van der Waals surface area contributed by atoms with Gasteiger partial charge in [-0.3, -0.25) is 14.7 Å². The Balaban J connectivity index is 1.55. The first-order valence-electron chi connectivity index (χ1n) is 8.90. The van der Waals surface area contributed by atoms with Crippen molar-refractivity contribution in [3.63, 3.8) is 0 Å². The molecule has 5 heteroatoms. The lowest BCUT2D eigenvalue weighted by molar-refractivity contribution is -0.141. The van der Waals surface area contributed by atoms with Gasteiger partial charge in [0, 0.05) is 38.9 Å². The summed E-state index contributed by atoms with van der Waals surface area (Å²) in [5.74, 6) is 0.317. The van der Waals surface area contributed by atoms with E-state index in [1.165, 1.54) is 6.42 Å². The summed E-state index contributed by atoms with van der Waals surface area (Å²) in [6, 6.07) is 6.04. The Morgan fingerprint density at radius 3 is 2.70 bits per heavy atom. The average molecular weight is 316 g/mol. The highest BCUT2D eigenvalue weighted by molar-refractivity contribution is 5.86. The van der Waals surface area contributed by atoms with Gasteiger partial charge in [-0.05, 0) is 44.4 Å². The van der Waals surface area contributed by atoms with Gasteiger partial charge in [-0.2, -0.15) is 0 Å². The third-order valence-corrected chi connectivity index (χ3v) is 5.28. The molecule has 0 unspecified atom stereocenters. The molecule has 1 amide bonds. The van der Waals surface area contributed by atoms with E-state index in [1.54, 1.807) is 0 Å². The quantitative estimate of drug-likeness (QED) is 0.917. The van der Waals surface area contributed by atoms with Crippen LogP contribution in [0.1, 0.15) is 38.3 Å². The lowest BCUT2D eigenvalue weighted by atomic mass is 9.85. The number of carbonyl (C=O) groups excluding carboxylic acids is 1. The molecule has 0 radical (unpaired) electrons. The molecule has 3 heterocycles. The lowest BCUT2D eigenvalue weighted by Gasteiger charge is -2.43. The molecule has 2 fully saturated rings. The van der Waals surface area contributed by atoms with Gasteiger partial charge in [-0.25, -0.2) is 0 Å². The summed E-state index contributed by atoms with van der Waals surface area (Å²) in [7, 11) is 0. The monoisotopic (exact) mass is 316 g/mol. The fraction of sp³-hybridized carbons (Fsp3) is 0.667. The molecule has 0 spiro atoms. The van der Waals surface area contributed by atoms with Crippen molar-refractivity contribution < 1.29 is 4.79 Å². The van der Waals surface area contributed by atoms with Gasteiger partial charge in [0.1, 0.15) is 0 Å². The first kappa shape index (κ1) is 16.4. The van der Waals surface area contributed by atoms with Gasteiger partial charge in [0.25, 0.3) is 0 Å². The van der Waals surface area contributed by atoms with Crippen molar-refractivity contribution >= 4 is 5.91 Å². The van der Waals surface area contributed by atoms with Crippen LogP contribution in [0.5, 0.6) is 0 Å². The van der Waals surface area contributed by atoms with E-state index in [0.717, 1.165) is 64.2 Å². The second-order valence-electron chi connectivity index (χ2n) is 6.71. The van der Waals surface area contributed by atoms with E-state index in [-0.39, 0.29) is 5.54 Å². The summed E-state index contributed by atoms with van der Waals surface area (Å²) >= 11 is 0. The fourth-order valence-corrected chi connectivity index (χ4v) is 3.74. The van der Waals surface area contributed by atoms with Crippen LogP contribution in [-0.2, 0) is 11.3 Å². The van der Waals surface area contributed by atoms with Crippen molar-refractivity contribution in [3.8, 4) is 0 Å². The minimum Gasteiger partial charge on any atom is -0.339 e. The zero-order valence-electron chi connectivity index (χ0n) is 14.1. The number of piperazine rings is 1. The zero-order valence-corrected chi connectivity index (χ0v) is 14.1. The Labute approximate surface area is 139 Å². The summed E-state index contributed by atoms with van der Waals surface area (Å²) in [5.41, 5.74) is 0.799. The Kier molecular flexibility index (Phi) is 5.28. The van der Waals surface area contributed by atoms with Crippen LogP contribution >= 0.6 is 0 Å². The van der Waals surface area contributed by atoms with Crippen LogP contribution in [0.25, 0.3) is 0 Å². The summed E-state index contributed by atoms with van der Waals surface area (Å²) in [6.07, 6.45) is 6.06. The molecule has 126 valence electrons. The molecule has 23 heavy (non-hydrogen) atoms. The number of aromatic nitrogens is 1. The summed E-state index contributed by atoms with van der Waals surface area (Å²) in [4.78, 5) is 21.9. The van der Waals surface area contributed by atoms with E-state index < -0.39 is 0 Å². The fourth-order valence-electron chi connectivity index (χ4n) is 3.74. The average Bonchev–Trinajstić information content (AvgIpc) is 2.63. The maximum atomic E-state index is 13.0. The Bertz CT molecular complexity index is 505. The SMILES string of the molecule is CC[C@@]1(C(=O)N2CCN(Cc3ccccn3)CC2)CCCCN1. The number of carbonyl (C=O) groups is 1. The van der Waals surface area contributed by atoms with Crippen molar-refractivity contribution in [3.05, 3.63) is 30.1 Å². The number of pyridine rings is 1. The molecule has 3 rings (SSSR count). The number of hydrogen-bond donors (Lipinski definition) is 1. The molecule has 0 bridgehead atoms. The van der Waals surface area contributed by atoms with E-state index in [0.29, 0.717) is 5.91 Å². The van der Waals surface area contributed by atoms with Crippen LogP contribution in [0.4, 0.5) is 0 Å². The van der Waals surface area contributed by atoms with Crippen molar-refractivity contribution in [2.45, 2.75) is 44.7 Å². The molecule has 2 aliphatic rings. The molecule has 5 nitrogen and oxygen atoms in total. The molecule has 1 atom stereocenters. The Morgan fingerprint density at radius 2 is 2.09 bits per heavy atom. The minimum atomic E-state index is -0.304. The van der Waals surface area contributed by atoms with Crippen molar-refractivity contribution in [1.82, 2.24) is 20.1 Å². The van der Waals surface area contributed by atoms with Gasteiger partial charge in [0.15, 0.2) is 0 Å². The van der Waals surface area contributed by atoms with Gasteiger partial charge in [0.2, 0.25) is 5.91 Å². The van der Waals surface area contributed by atoms with E-state index in [9.17, 15) is 4.79 Å². The topological polar surface area (TPSA) is 48.5 Å². The molecule has 0 aliphatic carbocycles. The first-order valence-corrected chi connectivity index (χ1v) is 8.90. The van der Waals surface area contributed by atoms with Crippen molar-refractivity contribution in [1.29, 1.82) is 0 Å². The normalized spacial score (nSPS) is 26.2. The number of nitrogens with zero attached hydrogens (tertiary/aromatic N) is 3. The third kappa shape index (κ3) is 3.72. The zero-order chi connectivity index (χ0) is 16.1. The van der Waals surface area contributed by atoms with Crippen molar-refractivity contribution in [2.24, 2.45) is 0 Å². The molecule has 1 N–H and O–H groups in total. The van der Waals surface area contributed by atoms with E-state index >= 15 is 0 Å². The van der Waals surface area contributed by atoms with E-state index in [1.807, 2.05) is 18.3 Å². The molecular weight excluding hydrogens is 288 g/mol. The number of rotatable bonds is 4. The summed E-state index contributed by atoms with van der Waals surface area (Å²) in [5, 5.41) is 3.52. The molecule has 2 aliphatic heterocycles. The van der Waals surface area contributed by atoms with Gasteiger partial charge >= 0.3 is 0 Å². The largest absolute Gasteiger partial charge is 0.339 e. The van der Waals surface area contributed by atoms with Crippen molar-refractivity contribution in [2.75, 3.05) is 32.7 Å². The molecule has 1 aromatic rings. The van der Waals surface area contributed by atoms with Crippen LogP contribution in [-0.4, -0.2) is 59.0 Å². The molecule has 0 saturated carbocycles. The van der Waals surface area contributed by atoms with E-state index in [2.05, 4.69) is 33.1 Å². The molecule has 0 aromatic carbocycles. The number of amides is 1. The number of nitrogens with one attached hydrogen (secondary N) is 1. The van der Waals surface area contributed by atoms with Crippen LogP contribution in [0, 0.1) is 0 Å². The van der Waals surface area contributed by atoms with Gasteiger partial charge in [-0.15, -0.1) is 0 Å². The molecule has 2 saturated heterocycles. The highest BCUT2D eigenvalue weighted by Gasteiger charge is 2.40. The van der Waals surface area contributed by atoms with Crippen LogP contribution in [0.2, 0.25) is 0 Å². The second kappa shape index (κ2) is 7.41. The smallest absolute Gasteiger partial charge is 0.242 e. The molecular formula is C18H28N4O. The lowest BCUT2D eigenvalue weighted by Crippen LogP contribution is -2.62. The van der Waals surface area contributed by atoms with Gasteiger partial charge in [0.05, 0.1) is 11.2 Å². The number of piperidine rings is 1.